The fourth-order valence-electron chi connectivity index (χ4n) is 2.68. The molecule has 0 atom stereocenters. The summed E-state index contributed by atoms with van der Waals surface area (Å²) < 4.78 is 24.0. The molecule has 3 aromatic rings. The Morgan fingerprint density at radius 2 is 2.04 bits per heavy atom. The average molecular weight is 356 g/mol. The summed E-state index contributed by atoms with van der Waals surface area (Å²) in [6, 6.07) is 7.44. The van der Waals surface area contributed by atoms with Crippen molar-refractivity contribution in [2.75, 3.05) is 13.7 Å². The Hall–Kier alpha value is -3.22. The summed E-state index contributed by atoms with van der Waals surface area (Å²) in [5.41, 5.74) is 1.32. The van der Waals surface area contributed by atoms with Crippen LogP contribution < -0.4 is 10.3 Å². The zero-order chi connectivity index (χ0) is 18.8. The fourth-order valence-corrected chi connectivity index (χ4v) is 2.68. The third-order valence-corrected chi connectivity index (χ3v) is 3.96. The Morgan fingerprint density at radius 3 is 2.69 bits per heavy atom. The quantitative estimate of drug-likeness (QED) is 0.726. The molecule has 0 fully saturated rings. The summed E-state index contributed by atoms with van der Waals surface area (Å²) in [6.07, 6.45) is 0. The van der Waals surface area contributed by atoms with Gasteiger partial charge >= 0.3 is 5.97 Å². The van der Waals surface area contributed by atoms with Crippen molar-refractivity contribution in [3.63, 3.8) is 0 Å². The number of aryl methyl sites for hydroxylation is 1. The second-order valence-corrected chi connectivity index (χ2v) is 5.67. The van der Waals surface area contributed by atoms with E-state index in [1.54, 1.807) is 26.0 Å². The van der Waals surface area contributed by atoms with Crippen molar-refractivity contribution in [3.05, 3.63) is 57.6 Å². The smallest absolute Gasteiger partial charge is 0.338 e. The van der Waals surface area contributed by atoms with Gasteiger partial charge in [-0.25, -0.2) is 14.2 Å². The molecule has 0 aliphatic rings. The number of fused-ring (bicyclic) bond motifs is 1. The van der Waals surface area contributed by atoms with Gasteiger partial charge in [-0.1, -0.05) is 0 Å². The second kappa shape index (κ2) is 6.95. The fraction of sp³-hybridized carbons (Fsp3) is 0.211. The van der Waals surface area contributed by atoms with Gasteiger partial charge in [0.1, 0.15) is 5.82 Å². The monoisotopic (exact) mass is 356 g/mol. The molecule has 0 aliphatic heterocycles. The molecule has 6 nitrogen and oxygen atoms in total. The number of carbonyl (C=O) groups excluding carboxylic acids is 1. The van der Waals surface area contributed by atoms with E-state index in [-0.39, 0.29) is 17.0 Å². The zero-order valence-electron chi connectivity index (χ0n) is 14.6. The van der Waals surface area contributed by atoms with Crippen LogP contribution in [0.2, 0.25) is 0 Å². The maximum absolute atomic E-state index is 14.1. The molecule has 0 saturated carbocycles. The van der Waals surface area contributed by atoms with E-state index in [0.717, 1.165) is 0 Å². The first kappa shape index (κ1) is 17.6. The first-order valence-corrected chi connectivity index (χ1v) is 8.00. The van der Waals surface area contributed by atoms with Gasteiger partial charge in [0, 0.05) is 5.56 Å². The van der Waals surface area contributed by atoms with Crippen LogP contribution in [-0.2, 0) is 4.74 Å². The summed E-state index contributed by atoms with van der Waals surface area (Å²) in [5.74, 6) is -0.696. The van der Waals surface area contributed by atoms with Gasteiger partial charge in [0.05, 0.1) is 30.2 Å². The van der Waals surface area contributed by atoms with Gasteiger partial charge < -0.3 is 14.5 Å². The Bertz CT molecular complexity index is 1060. The number of rotatable bonds is 4. The molecule has 0 aliphatic carbocycles. The van der Waals surface area contributed by atoms with E-state index in [1.807, 2.05) is 0 Å². The van der Waals surface area contributed by atoms with E-state index in [0.29, 0.717) is 28.8 Å². The number of aromatic amines is 1. The molecule has 0 saturated heterocycles. The molecule has 3 rings (SSSR count). The van der Waals surface area contributed by atoms with Crippen LogP contribution in [0.5, 0.6) is 5.75 Å². The number of methoxy groups -OCH3 is 1. The summed E-state index contributed by atoms with van der Waals surface area (Å²) in [5, 5.41) is 0.256. The minimum Gasteiger partial charge on any atom is -0.491 e. The van der Waals surface area contributed by atoms with Crippen LogP contribution in [0.4, 0.5) is 4.39 Å². The Labute approximate surface area is 148 Å². The molecule has 0 radical (unpaired) electrons. The molecule has 134 valence electrons. The number of hydrogen-bond acceptors (Lipinski definition) is 5. The average Bonchev–Trinajstić information content (AvgIpc) is 2.62. The number of nitrogens with one attached hydrogen (secondary N) is 1. The summed E-state index contributed by atoms with van der Waals surface area (Å²) in [6.45, 7) is 3.84. The van der Waals surface area contributed by atoms with Crippen LogP contribution in [0.25, 0.3) is 22.3 Å². The highest BCUT2D eigenvalue weighted by atomic mass is 19.1. The number of ether oxygens (including phenoxy) is 2. The lowest BCUT2D eigenvalue weighted by Gasteiger charge is -2.09. The van der Waals surface area contributed by atoms with Crippen molar-refractivity contribution >= 4 is 16.9 Å². The van der Waals surface area contributed by atoms with Crippen molar-refractivity contribution in [3.8, 4) is 17.1 Å². The lowest BCUT2D eigenvalue weighted by molar-refractivity contribution is 0.0600. The highest BCUT2D eigenvalue weighted by Crippen LogP contribution is 2.24. The van der Waals surface area contributed by atoms with Crippen LogP contribution in [0, 0.1) is 12.7 Å². The standard InChI is InChI=1S/C19H17FN2O4/c1-4-26-16-6-5-11(8-14(16)20)17-21-15-7-10(2)12(19(24)25-3)9-13(15)18(23)22-17/h5-9H,4H2,1-3H3,(H,21,22,23). The molecule has 1 heterocycles. The van der Waals surface area contributed by atoms with Crippen LogP contribution in [0.15, 0.2) is 35.1 Å². The second-order valence-electron chi connectivity index (χ2n) is 5.67. The number of benzene rings is 2. The third-order valence-electron chi connectivity index (χ3n) is 3.96. The zero-order valence-corrected chi connectivity index (χ0v) is 14.6. The molecule has 0 unspecified atom stereocenters. The Kier molecular flexibility index (Phi) is 4.71. The molecular weight excluding hydrogens is 339 g/mol. The predicted octanol–water partition coefficient (Wildman–Crippen LogP) is 3.22. The van der Waals surface area contributed by atoms with Gasteiger partial charge in [0.15, 0.2) is 11.6 Å². The van der Waals surface area contributed by atoms with Gasteiger partial charge in [-0.3, -0.25) is 4.79 Å². The van der Waals surface area contributed by atoms with E-state index in [2.05, 4.69) is 9.97 Å². The molecule has 1 aromatic heterocycles. The van der Waals surface area contributed by atoms with Crippen molar-refractivity contribution in [1.29, 1.82) is 0 Å². The first-order valence-electron chi connectivity index (χ1n) is 8.00. The van der Waals surface area contributed by atoms with E-state index in [1.165, 1.54) is 25.3 Å². The normalized spacial score (nSPS) is 10.8. The maximum atomic E-state index is 14.1. The number of carbonyl (C=O) groups is 1. The predicted molar refractivity (Wildman–Crippen MR) is 95.0 cm³/mol. The molecular formula is C19H17FN2O4. The minimum atomic E-state index is -0.538. The van der Waals surface area contributed by atoms with E-state index in [4.69, 9.17) is 9.47 Å². The van der Waals surface area contributed by atoms with Crippen LogP contribution in [0.1, 0.15) is 22.8 Å². The number of halogens is 1. The summed E-state index contributed by atoms with van der Waals surface area (Å²) in [4.78, 5) is 31.2. The van der Waals surface area contributed by atoms with Gasteiger partial charge in [-0.15, -0.1) is 0 Å². The van der Waals surface area contributed by atoms with Crippen LogP contribution in [-0.4, -0.2) is 29.7 Å². The summed E-state index contributed by atoms with van der Waals surface area (Å²) >= 11 is 0. The van der Waals surface area contributed by atoms with E-state index >= 15 is 0 Å². The molecule has 0 amide bonds. The first-order chi connectivity index (χ1) is 12.4. The van der Waals surface area contributed by atoms with Gasteiger partial charge in [0.2, 0.25) is 0 Å². The number of H-pyrrole nitrogens is 1. The molecule has 26 heavy (non-hydrogen) atoms. The van der Waals surface area contributed by atoms with Gasteiger partial charge in [-0.05, 0) is 49.7 Å². The Balaban J connectivity index is 2.13. The van der Waals surface area contributed by atoms with Crippen molar-refractivity contribution < 1.29 is 18.7 Å². The molecule has 2 aromatic carbocycles. The molecule has 0 spiro atoms. The third kappa shape index (κ3) is 3.15. The SMILES string of the molecule is CCOc1ccc(-c2nc3cc(C)c(C(=O)OC)cc3c(=O)[nH]2)cc1F. The summed E-state index contributed by atoms with van der Waals surface area (Å²) in [7, 11) is 1.28. The van der Waals surface area contributed by atoms with Crippen molar-refractivity contribution in [2.24, 2.45) is 0 Å². The number of nitrogens with zero attached hydrogens (tertiary/aromatic N) is 1. The van der Waals surface area contributed by atoms with Crippen LogP contribution >= 0.6 is 0 Å². The van der Waals surface area contributed by atoms with Crippen molar-refractivity contribution in [2.45, 2.75) is 13.8 Å². The topological polar surface area (TPSA) is 81.3 Å². The highest BCUT2D eigenvalue weighted by Gasteiger charge is 2.15. The number of hydrogen-bond donors (Lipinski definition) is 1. The lowest BCUT2D eigenvalue weighted by atomic mass is 10.1. The minimum absolute atomic E-state index is 0.137. The highest BCUT2D eigenvalue weighted by molar-refractivity contribution is 5.96. The number of aromatic nitrogens is 2. The maximum Gasteiger partial charge on any atom is 0.338 e. The molecule has 7 heteroatoms. The van der Waals surface area contributed by atoms with Gasteiger partial charge in [-0.2, -0.15) is 0 Å². The molecule has 1 N–H and O–H groups in total. The Morgan fingerprint density at radius 1 is 1.27 bits per heavy atom. The van der Waals surface area contributed by atoms with E-state index in [9.17, 15) is 14.0 Å². The van der Waals surface area contributed by atoms with Gasteiger partial charge in [0.25, 0.3) is 5.56 Å². The lowest BCUT2D eigenvalue weighted by Crippen LogP contribution is -2.12. The largest absolute Gasteiger partial charge is 0.491 e. The molecule has 0 bridgehead atoms. The number of esters is 1. The van der Waals surface area contributed by atoms with Crippen molar-refractivity contribution in [1.82, 2.24) is 9.97 Å². The van der Waals surface area contributed by atoms with Crippen LogP contribution in [0.3, 0.4) is 0 Å². The van der Waals surface area contributed by atoms with E-state index < -0.39 is 17.3 Å².